The van der Waals surface area contributed by atoms with E-state index in [0.29, 0.717) is 12.1 Å². The average molecular weight is 275 g/mol. The molecular formula is C16H21NOS. The van der Waals surface area contributed by atoms with Crippen molar-refractivity contribution in [3.05, 3.63) is 52.2 Å². The second-order valence-electron chi connectivity index (χ2n) is 4.85. The van der Waals surface area contributed by atoms with Crippen molar-refractivity contribution >= 4 is 11.3 Å². The highest BCUT2D eigenvalue weighted by Crippen LogP contribution is 2.20. The zero-order valence-corrected chi connectivity index (χ0v) is 12.5. The van der Waals surface area contributed by atoms with Gasteiger partial charge in [-0.3, -0.25) is 0 Å². The number of hydrogen-bond donors (Lipinski definition) is 1. The molecule has 0 radical (unpaired) electrons. The molecule has 19 heavy (non-hydrogen) atoms. The van der Waals surface area contributed by atoms with Gasteiger partial charge in [0.05, 0.1) is 7.11 Å². The Hall–Kier alpha value is -1.32. The first-order valence-corrected chi connectivity index (χ1v) is 7.49. The highest BCUT2D eigenvalue weighted by atomic mass is 32.1. The summed E-state index contributed by atoms with van der Waals surface area (Å²) in [5, 5.41) is 5.77. The summed E-state index contributed by atoms with van der Waals surface area (Å²) in [7, 11) is 1.70. The van der Waals surface area contributed by atoms with Gasteiger partial charge in [0.15, 0.2) is 0 Å². The van der Waals surface area contributed by atoms with E-state index >= 15 is 0 Å². The normalized spacial score (nSPS) is 14.1. The van der Waals surface area contributed by atoms with Crippen LogP contribution >= 0.6 is 11.3 Å². The molecule has 2 atom stereocenters. The molecule has 2 nitrogen and oxygen atoms in total. The fourth-order valence-electron chi connectivity index (χ4n) is 2.22. The van der Waals surface area contributed by atoms with Crippen LogP contribution < -0.4 is 10.1 Å². The van der Waals surface area contributed by atoms with E-state index in [0.717, 1.165) is 12.2 Å². The van der Waals surface area contributed by atoms with Gasteiger partial charge in [0, 0.05) is 17.0 Å². The van der Waals surface area contributed by atoms with Crippen molar-refractivity contribution in [1.29, 1.82) is 0 Å². The molecule has 0 bridgehead atoms. The Bertz CT molecular complexity index is 495. The molecule has 1 aromatic carbocycles. The lowest BCUT2D eigenvalue weighted by atomic mass is 10.1. The second kappa shape index (κ2) is 6.73. The molecule has 0 aliphatic rings. The second-order valence-corrected chi connectivity index (χ2v) is 5.88. The number of nitrogens with one attached hydrogen (secondary N) is 1. The zero-order chi connectivity index (χ0) is 13.7. The van der Waals surface area contributed by atoms with E-state index in [4.69, 9.17) is 4.74 Å². The molecule has 0 amide bonds. The summed E-state index contributed by atoms with van der Waals surface area (Å²) in [6.45, 7) is 4.43. The smallest absolute Gasteiger partial charge is 0.119 e. The van der Waals surface area contributed by atoms with Crippen molar-refractivity contribution in [3.8, 4) is 5.75 Å². The summed E-state index contributed by atoms with van der Waals surface area (Å²) in [5.74, 6) is 0.914. The lowest BCUT2D eigenvalue weighted by Gasteiger charge is -2.20. The first-order chi connectivity index (χ1) is 9.19. The fourth-order valence-corrected chi connectivity index (χ4v) is 3.06. The molecule has 2 unspecified atom stereocenters. The van der Waals surface area contributed by atoms with Gasteiger partial charge in [-0.15, -0.1) is 11.3 Å². The van der Waals surface area contributed by atoms with E-state index in [9.17, 15) is 0 Å². The van der Waals surface area contributed by atoms with E-state index in [-0.39, 0.29) is 0 Å². The maximum absolute atomic E-state index is 5.27. The number of methoxy groups -OCH3 is 1. The SMILES string of the molecule is COc1cccc(C(C)NC(C)Cc2cccs2)c1. The number of rotatable bonds is 6. The Morgan fingerprint density at radius 1 is 1.21 bits per heavy atom. The molecule has 102 valence electrons. The van der Waals surface area contributed by atoms with Gasteiger partial charge < -0.3 is 10.1 Å². The van der Waals surface area contributed by atoms with Crippen molar-refractivity contribution < 1.29 is 4.74 Å². The van der Waals surface area contributed by atoms with Gasteiger partial charge in [-0.1, -0.05) is 18.2 Å². The minimum absolute atomic E-state index is 0.324. The van der Waals surface area contributed by atoms with Gasteiger partial charge in [0.25, 0.3) is 0 Å². The summed E-state index contributed by atoms with van der Waals surface area (Å²) in [6, 6.07) is 13.3. The van der Waals surface area contributed by atoms with Gasteiger partial charge >= 0.3 is 0 Å². The largest absolute Gasteiger partial charge is 0.497 e. The molecule has 3 heteroatoms. The molecule has 0 spiro atoms. The van der Waals surface area contributed by atoms with Crippen LogP contribution in [0.1, 0.15) is 30.3 Å². The number of hydrogen-bond acceptors (Lipinski definition) is 3. The molecule has 2 aromatic rings. The molecule has 2 rings (SSSR count). The summed E-state index contributed by atoms with van der Waals surface area (Å²) < 4.78 is 5.27. The van der Waals surface area contributed by atoms with Crippen molar-refractivity contribution in [3.63, 3.8) is 0 Å². The molecule has 0 aliphatic carbocycles. The van der Waals surface area contributed by atoms with Gasteiger partial charge in [0.1, 0.15) is 5.75 Å². The first-order valence-electron chi connectivity index (χ1n) is 6.61. The van der Waals surface area contributed by atoms with E-state index < -0.39 is 0 Å². The number of ether oxygens (including phenoxy) is 1. The van der Waals surface area contributed by atoms with Crippen LogP contribution in [0.3, 0.4) is 0 Å². The third-order valence-electron chi connectivity index (χ3n) is 3.22. The molecule has 1 aromatic heterocycles. The van der Waals surface area contributed by atoms with E-state index in [1.807, 2.05) is 23.5 Å². The van der Waals surface area contributed by atoms with Gasteiger partial charge in [-0.25, -0.2) is 0 Å². The summed E-state index contributed by atoms with van der Waals surface area (Å²) in [4.78, 5) is 1.43. The van der Waals surface area contributed by atoms with Crippen LogP contribution in [0.2, 0.25) is 0 Å². The molecule has 0 aliphatic heterocycles. The standard InChI is InChI=1S/C16H21NOS/c1-12(10-16-8-5-9-19-16)17-13(2)14-6-4-7-15(11-14)18-3/h4-9,11-13,17H,10H2,1-3H3. The topological polar surface area (TPSA) is 21.3 Å². The first kappa shape index (κ1) is 14.1. The lowest BCUT2D eigenvalue weighted by molar-refractivity contribution is 0.412. The maximum Gasteiger partial charge on any atom is 0.119 e. The highest BCUT2D eigenvalue weighted by Gasteiger charge is 2.11. The Labute approximate surface area is 119 Å². The molecule has 0 saturated heterocycles. The number of thiophene rings is 1. The third-order valence-corrected chi connectivity index (χ3v) is 4.11. The van der Waals surface area contributed by atoms with Crippen LogP contribution in [-0.2, 0) is 6.42 Å². The van der Waals surface area contributed by atoms with Crippen LogP contribution in [-0.4, -0.2) is 13.2 Å². The van der Waals surface area contributed by atoms with Crippen LogP contribution in [0, 0.1) is 0 Å². The highest BCUT2D eigenvalue weighted by molar-refractivity contribution is 7.09. The minimum Gasteiger partial charge on any atom is -0.497 e. The average Bonchev–Trinajstić information content (AvgIpc) is 2.91. The predicted molar refractivity (Wildman–Crippen MR) is 82.0 cm³/mol. The van der Waals surface area contributed by atoms with Crippen LogP contribution in [0.15, 0.2) is 41.8 Å². The number of benzene rings is 1. The molecule has 0 saturated carbocycles. The van der Waals surface area contributed by atoms with E-state index in [2.05, 4.69) is 48.8 Å². The van der Waals surface area contributed by atoms with Crippen LogP contribution in [0.4, 0.5) is 0 Å². The van der Waals surface area contributed by atoms with Gasteiger partial charge in [0.2, 0.25) is 0 Å². The Morgan fingerprint density at radius 3 is 2.74 bits per heavy atom. The minimum atomic E-state index is 0.324. The predicted octanol–water partition coefficient (Wildman–Crippen LogP) is 4.04. The van der Waals surface area contributed by atoms with Crippen molar-refractivity contribution in [2.24, 2.45) is 0 Å². The summed E-state index contributed by atoms with van der Waals surface area (Å²) in [6.07, 6.45) is 1.08. The van der Waals surface area contributed by atoms with Gasteiger partial charge in [-0.2, -0.15) is 0 Å². The Morgan fingerprint density at radius 2 is 2.05 bits per heavy atom. The monoisotopic (exact) mass is 275 g/mol. The Kier molecular flexibility index (Phi) is 5.00. The fraction of sp³-hybridized carbons (Fsp3) is 0.375. The maximum atomic E-state index is 5.27. The molecular weight excluding hydrogens is 254 g/mol. The van der Waals surface area contributed by atoms with Crippen molar-refractivity contribution in [1.82, 2.24) is 5.32 Å². The van der Waals surface area contributed by atoms with Crippen molar-refractivity contribution in [2.45, 2.75) is 32.4 Å². The third kappa shape index (κ3) is 4.08. The molecule has 1 N–H and O–H groups in total. The quantitative estimate of drug-likeness (QED) is 0.859. The zero-order valence-electron chi connectivity index (χ0n) is 11.7. The van der Waals surface area contributed by atoms with Crippen molar-refractivity contribution in [2.75, 3.05) is 7.11 Å². The summed E-state index contributed by atoms with van der Waals surface area (Å²) >= 11 is 1.82. The van der Waals surface area contributed by atoms with E-state index in [1.165, 1.54) is 10.4 Å². The van der Waals surface area contributed by atoms with Gasteiger partial charge in [-0.05, 0) is 49.4 Å². The lowest BCUT2D eigenvalue weighted by Crippen LogP contribution is -2.30. The Balaban J connectivity index is 1.94. The molecule has 1 heterocycles. The molecule has 0 fully saturated rings. The summed E-state index contributed by atoms with van der Waals surface area (Å²) in [5.41, 5.74) is 1.26. The van der Waals surface area contributed by atoms with Crippen LogP contribution in [0.5, 0.6) is 5.75 Å². The van der Waals surface area contributed by atoms with E-state index in [1.54, 1.807) is 7.11 Å². The van der Waals surface area contributed by atoms with Crippen LogP contribution in [0.25, 0.3) is 0 Å².